The molecule has 0 bridgehead atoms. The molecule has 1 amide bonds. The third kappa shape index (κ3) is 4.51. The van der Waals surface area contributed by atoms with Gasteiger partial charge in [0.05, 0.1) is 20.9 Å². The Kier molecular flexibility index (Phi) is 5.62. The number of anilines is 1. The van der Waals surface area contributed by atoms with Gasteiger partial charge in [-0.1, -0.05) is 18.2 Å². The maximum absolute atomic E-state index is 12.7. The number of ether oxygens (including phenoxy) is 1. The van der Waals surface area contributed by atoms with Gasteiger partial charge in [0.15, 0.2) is 0 Å². The van der Waals surface area contributed by atoms with E-state index in [4.69, 9.17) is 4.74 Å². The fourth-order valence-corrected chi connectivity index (χ4v) is 4.69. The Labute approximate surface area is 192 Å². The first-order valence-electron chi connectivity index (χ1n) is 9.91. The van der Waals surface area contributed by atoms with E-state index < -0.39 is 0 Å². The Bertz CT molecular complexity index is 1360. The van der Waals surface area contributed by atoms with Crippen LogP contribution >= 0.6 is 22.7 Å². The van der Waals surface area contributed by atoms with Crippen molar-refractivity contribution in [1.82, 2.24) is 15.0 Å². The van der Waals surface area contributed by atoms with Gasteiger partial charge in [0.2, 0.25) is 0 Å². The molecule has 0 saturated carbocycles. The van der Waals surface area contributed by atoms with Crippen molar-refractivity contribution in [2.75, 3.05) is 5.32 Å². The van der Waals surface area contributed by atoms with Crippen molar-refractivity contribution >= 4 is 44.6 Å². The largest absolute Gasteiger partial charge is 0.487 e. The number of benzene rings is 2. The Morgan fingerprint density at radius 2 is 1.97 bits per heavy atom. The highest BCUT2D eigenvalue weighted by Crippen LogP contribution is 2.30. The van der Waals surface area contributed by atoms with Gasteiger partial charge in [-0.05, 0) is 49.4 Å². The summed E-state index contributed by atoms with van der Waals surface area (Å²) in [6.45, 7) is 2.32. The van der Waals surface area contributed by atoms with Crippen LogP contribution in [0.4, 0.5) is 5.82 Å². The van der Waals surface area contributed by atoms with E-state index in [2.05, 4.69) is 20.3 Å². The molecule has 3 heterocycles. The Morgan fingerprint density at radius 1 is 1.06 bits per heavy atom. The number of rotatable bonds is 6. The van der Waals surface area contributed by atoms with Crippen LogP contribution in [0.1, 0.15) is 21.1 Å². The molecule has 0 spiro atoms. The first kappa shape index (κ1) is 20.3. The molecule has 0 aliphatic carbocycles. The summed E-state index contributed by atoms with van der Waals surface area (Å²) in [6, 6.07) is 18.8. The summed E-state index contributed by atoms with van der Waals surface area (Å²) in [6.07, 6.45) is 1.72. The first-order chi connectivity index (χ1) is 15.6. The van der Waals surface area contributed by atoms with Gasteiger partial charge in [0.25, 0.3) is 5.91 Å². The number of hydrogen-bond donors (Lipinski definition) is 1. The van der Waals surface area contributed by atoms with Gasteiger partial charge in [-0.25, -0.2) is 15.0 Å². The summed E-state index contributed by atoms with van der Waals surface area (Å²) in [4.78, 5) is 26.1. The summed E-state index contributed by atoms with van der Waals surface area (Å²) < 4.78 is 6.91. The van der Waals surface area contributed by atoms with Crippen molar-refractivity contribution in [3.05, 3.63) is 88.5 Å². The van der Waals surface area contributed by atoms with Crippen LogP contribution in [0.15, 0.2) is 72.2 Å². The zero-order valence-electron chi connectivity index (χ0n) is 17.1. The van der Waals surface area contributed by atoms with E-state index in [0.29, 0.717) is 23.7 Å². The lowest BCUT2D eigenvalue weighted by Gasteiger charge is -2.08. The van der Waals surface area contributed by atoms with Crippen molar-refractivity contribution in [3.8, 4) is 16.3 Å². The topological polar surface area (TPSA) is 77.0 Å². The fraction of sp³-hybridized carbons (Fsp3) is 0.0833. The molecule has 0 aliphatic rings. The second-order valence-electron chi connectivity index (χ2n) is 7.05. The maximum Gasteiger partial charge on any atom is 0.256 e. The number of aromatic nitrogens is 3. The Hall–Kier alpha value is -3.62. The second-order valence-corrected chi connectivity index (χ2v) is 9.14. The number of amides is 1. The van der Waals surface area contributed by atoms with Crippen molar-refractivity contribution in [2.45, 2.75) is 13.5 Å². The average Bonchev–Trinajstić information content (AvgIpc) is 3.44. The van der Waals surface area contributed by atoms with Crippen LogP contribution in [-0.2, 0) is 6.61 Å². The molecule has 5 rings (SSSR count). The number of carbonyl (C=O) groups excluding carboxylic acids is 1. The lowest BCUT2D eigenvalue weighted by molar-refractivity contribution is 0.102. The lowest BCUT2D eigenvalue weighted by atomic mass is 10.2. The molecule has 0 radical (unpaired) electrons. The van der Waals surface area contributed by atoms with Crippen LogP contribution in [0.3, 0.4) is 0 Å². The van der Waals surface area contributed by atoms with Crippen LogP contribution in [0.5, 0.6) is 5.75 Å². The minimum Gasteiger partial charge on any atom is -0.487 e. The van der Waals surface area contributed by atoms with Gasteiger partial charge in [-0.3, -0.25) is 4.79 Å². The van der Waals surface area contributed by atoms with Crippen LogP contribution < -0.4 is 10.1 Å². The zero-order chi connectivity index (χ0) is 21.9. The molecule has 0 fully saturated rings. The van der Waals surface area contributed by atoms with Crippen LogP contribution in [0.2, 0.25) is 0 Å². The summed E-state index contributed by atoms with van der Waals surface area (Å²) in [5, 5.41) is 6.70. The van der Waals surface area contributed by atoms with E-state index in [1.54, 1.807) is 53.1 Å². The van der Waals surface area contributed by atoms with Gasteiger partial charge in [0.1, 0.15) is 23.2 Å². The molecule has 2 aromatic carbocycles. The fourth-order valence-electron chi connectivity index (χ4n) is 3.14. The summed E-state index contributed by atoms with van der Waals surface area (Å²) in [5.41, 5.74) is 3.25. The van der Waals surface area contributed by atoms with Crippen molar-refractivity contribution in [1.29, 1.82) is 0 Å². The molecule has 0 aliphatic heterocycles. The van der Waals surface area contributed by atoms with E-state index in [0.717, 1.165) is 31.5 Å². The molecule has 6 nitrogen and oxygen atoms in total. The van der Waals surface area contributed by atoms with Crippen LogP contribution in [0.25, 0.3) is 20.8 Å². The molecular weight excluding hydrogens is 440 g/mol. The van der Waals surface area contributed by atoms with Crippen LogP contribution in [0, 0.1) is 6.92 Å². The summed E-state index contributed by atoms with van der Waals surface area (Å²) in [5.74, 6) is 0.840. The Morgan fingerprint density at radius 3 is 2.75 bits per heavy atom. The number of aryl methyl sites for hydroxylation is 1. The lowest BCUT2D eigenvalue weighted by Crippen LogP contribution is -2.13. The molecule has 8 heteroatoms. The highest BCUT2D eigenvalue weighted by atomic mass is 32.1. The molecule has 32 heavy (non-hydrogen) atoms. The maximum atomic E-state index is 12.7. The highest BCUT2D eigenvalue weighted by molar-refractivity contribution is 7.21. The zero-order valence-corrected chi connectivity index (χ0v) is 18.7. The third-order valence-corrected chi connectivity index (χ3v) is 6.60. The van der Waals surface area contributed by atoms with Gasteiger partial charge in [-0.2, -0.15) is 0 Å². The number of nitrogens with one attached hydrogen (secondary N) is 1. The third-order valence-electron chi connectivity index (χ3n) is 4.70. The van der Waals surface area contributed by atoms with E-state index in [-0.39, 0.29) is 5.91 Å². The van der Waals surface area contributed by atoms with E-state index in [9.17, 15) is 4.79 Å². The van der Waals surface area contributed by atoms with Gasteiger partial charge in [-0.15, -0.1) is 22.7 Å². The number of hydrogen-bond acceptors (Lipinski definition) is 7. The average molecular weight is 459 g/mol. The minimum atomic E-state index is -0.250. The van der Waals surface area contributed by atoms with Gasteiger partial charge >= 0.3 is 0 Å². The second kappa shape index (κ2) is 8.86. The van der Waals surface area contributed by atoms with E-state index >= 15 is 0 Å². The molecule has 3 aromatic heterocycles. The Balaban J connectivity index is 1.25. The smallest absolute Gasteiger partial charge is 0.256 e. The summed E-state index contributed by atoms with van der Waals surface area (Å²) in [7, 11) is 0. The van der Waals surface area contributed by atoms with Gasteiger partial charge in [0, 0.05) is 22.7 Å². The monoisotopic (exact) mass is 458 g/mol. The minimum absolute atomic E-state index is 0.250. The van der Waals surface area contributed by atoms with E-state index in [1.807, 2.05) is 48.7 Å². The van der Waals surface area contributed by atoms with Crippen molar-refractivity contribution in [2.24, 2.45) is 0 Å². The number of thiazole rings is 2. The molecule has 5 aromatic rings. The van der Waals surface area contributed by atoms with Gasteiger partial charge < -0.3 is 10.1 Å². The molecule has 0 unspecified atom stereocenters. The van der Waals surface area contributed by atoms with Crippen molar-refractivity contribution < 1.29 is 9.53 Å². The number of fused-ring (bicyclic) bond motifs is 1. The number of carbonyl (C=O) groups is 1. The molecule has 0 saturated heterocycles. The van der Waals surface area contributed by atoms with E-state index in [1.165, 1.54) is 0 Å². The highest BCUT2D eigenvalue weighted by Gasteiger charge is 2.10. The number of para-hydroxylation sites is 1. The predicted octanol–water partition coefficient (Wildman–Crippen LogP) is 5.95. The van der Waals surface area contributed by atoms with Crippen molar-refractivity contribution in [3.63, 3.8) is 0 Å². The standard InChI is InChI=1S/C24H18N4O2S2/c1-15-26-18(14-31-15)13-30-19-6-4-5-16(11-19)23(29)28-22-10-9-17(12-25-22)24-27-20-7-2-3-8-21(20)32-24/h2-12,14H,13H2,1H3,(H,25,28,29). The number of pyridine rings is 1. The number of nitrogens with zero attached hydrogens (tertiary/aromatic N) is 3. The quantitative estimate of drug-likeness (QED) is 0.340. The molecule has 0 atom stereocenters. The van der Waals surface area contributed by atoms with Crippen LogP contribution in [-0.4, -0.2) is 20.9 Å². The molecule has 1 N–H and O–H groups in total. The molecule has 158 valence electrons. The molecular formula is C24H18N4O2S2. The predicted molar refractivity (Wildman–Crippen MR) is 128 cm³/mol. The first-order valence-corrected chi connectivity index (χ1v) is 11.6. The normalized spacial score (nSPS) is 10.9. The summed E-state index contributed by atoms with van der Waals surface area (Å²) >= 11 is 3.20. The SMILES string of the molecule is Cc1nc(COc2cccc(C(=O)Nc3ccc(-c4nc5ccccc5s4)cn3)c2)cs1.